The van der Waals surface area contributed by atoms with Gasteiger partial charge >= 0.3 is 6.03 Å². The average Bonchev–Trinajstić information content (AvgIpc) is 2.45. The van der Waals surface area contributed by atoms with Crippen LogP contribution in [-0.2, 0) is 0 Å². The fraction of sp³-hybridized carbons (Fsp3) is 0.875. The second-order valence-corrected chi connectivity index (χ2v) is 3.21. The van der Waals surface area contributed by atoms with E-state index in [9.17, 15) is 4.79 Å². The maximum atomic E-state index is 11.2. The fourth-order valence-electron chi connectivity index (χ4n) is 1.46. The Labute approximate surface area is 78.1 Å². The van der Waals surface area contributed by atoms with Crippen molar-refractivity contribution in [1.82, 2.24) is 15.5 Å². The number of rotatable bonds is 5. The van der Waals surface area contributed by atoms with Crippen molar-refractivity contribution < 1.29 is 9.90 Å². The summed E-state index contributed by atoms with van der Waals surface area (Å²) in [6, 6.07) is 0.168. The Bertz CT molecular complexity index is 175. The lowest BCUT2D eigenvalue weighted by atomic mass is 10.2. The van der Waals surface area contributed by atoms with E-state index in [0.29, 0.717) is 13.1 Å². The number of hydrogen-bond donors (Lipinski definition) is 3. The summed E-state index contributed by atoms with van der Waals surface area (Å²) in [6.45, 7) is 2.08. The molecular formula is C8H17N3O2. The Hall–Kier alpha value is -0.810. The molecule has 0 bridgehead atoms. The first-order chi connectivity index (χ1) is 6.27. The van der Waals surface area contributed by atoms with Gasteiger partial charge in [0.25, 0.3) is 0 Å². The van der Waals surface area contributed by atoms with Gasteiger partial charge in [-0.05, 0) is 20.0 Å². The SMILES string of the molecule is CNCCC1CN(CCO)C(=O)N1. The summed E-state index contributed by atoms with van der Waals surface area (Å²) in [5.74, 6) is 0. The van der Waals surface area contributed by atoms with E-state index in [2.05, 4.69) is 10.6 Å². The normalized spacial score (nSPS) is 22.2. The van der Waals surface area contributed by atoms with Gasteiger partial charge in [0.05, 0.1) is 6.61 Å². The number of urea groups is 1. The van der Waals surface area contributed by atoms with Gasteiger partial charge in [-0.15, -0.1) is 0 Å². The Morgan fingerprint density at radius 2 is 2.54 bits per heavy atom. The predicted molar refractivity (Wildman–Crippen MR) is 49.5 cm³/mol. The highest BCUT2D eigenvalue weighted by molar-refractivity contribution is 5.76. The van der Waals surface area contributed by atoms with Gasteiger partial charge in [0, 0.05) is 19.1 Å². The highest BCUT2D eigenvalue weighted by Crippen LogP contribution is 2.05. The van der Waals surface area contributed by atoms with Gasteiger partial charge in [0.15, 0.2) is 0 Å². The summed E-state index contributed by atoms with van der Waals surface area (Å²) < 4.78 is 0. The number of nitrogens with one attached hydrogen (secondary N) is 2. The molecule has 0 aromatic carbocycles. The first-order valence-corrected chi connectivity index (χ1v) is 4.59. The molecule has 5 nitrogen and oxygen atoms in total. The van der Waals surface area contributed by atoms with E-state index < -0.39 is 0 Å². The first-order valence-electron chi connectivity index (χ1n) is 4.59. The number of amides is 2. The lowest BCUT2D eigenvalue weighted by molar-refractivity contribution is 0.196. The molecule has 2 amide bonds. The Balaban J connectivity index is 2.27. The van der Waals surface area contributed by atoms with Crippen LogP contribution in [0.3, 0.4) is 0 Å². The van der Waals surface area contributed by atoms with Gasteiger partial charge in [-0.25, -0.2) is 4.79 Å². The largest absolute Gasteiger partial charge is 0.395 e. The minimum atomic E-state index is -0.0600. The summed E-state index contributed by atoms with van der Waals surface area (Å²) in [6.07, 6.45) is 0.935. The molecule has 76 valence electrons. The summed E-state index contributed by atoms with van der Waals surface area (Å²) in [4.78, 5) is 12.9. The van der Waals surface area contributed by atoms with E-state index >= 15 is 0 Å². The van der Waals surface area contributed by atoms with Gasteiger partial charge < -0.3 is 20.6 Å². The third-order valence-electron chi connectivity index (χ3n) is 2.17. The van der Waals surface area contributed by atoms with E-state index in [0.717, 1.165) is 13.0 Å². The van der Waals surface area contributed by atoms with E-state index in [1.165, 1.54) is 0 Å². The Morgan fingerprint density at radius 3 is 3.15 bits per heavy atom. The molecule has 1 fully saturated rings. The minimum Gasteiger partial charge on any atom is -0.395 e. The summed E-state index contributed by atoms with van der Waals surface area (Å²) in [5.41, 5.74) is 0. The number of aliphatic hydroxyl groups is 1. The van der Waals surface area contributed by atoms with Crippen molar-refractivity contribution in [3.63, 3.8) is 0 Å². The number of nitrogens with zero attached hydrogens (tertiary/aromatic N) is 1. The highest BCUT2D eigenvalue weighted by atomic mass is 16.3. The molecule has 1 aliphatic heterocycles. The van der Waals surface area contributed by atoms with Gasteiger partial charge in [-0.3, -0.25) is 0 Å². The van der Waals surface area contributed by atoms with Crippen LogP contribution in [0.5, 0.6) is 0 Å². The van der Waals surface area contributed by atoms with E-state index in [-0.39, 0.29) is 18.7 Å². The zero-order valence-electron chi connectivity index (χ0n) is 7.92. The molecule has 0 spiro atoms. The standard InChI is InChI=1S/C8H17N3O2/c1-9-3-2-7-6-11(4-5-12)8(13)10-7/h7,9,12H,2-6H2,1H3,(H,10,13). The van der Waals surface area contributed by atoms with Crippen LogP contribution in [0.2, 0.25) is 0 Å². The van der Waals surface area contributed by atoms with Crippen LogP contribution in [-0.4, -0.2) is 55.4 Å². The van der Waals surface area contributed by atoms with Crippen LogP contribution in [0.25, 0.3) is 0 Å². The van der Waals surface area contributed by atoms with Crippen LogP contribution in [0.1, 0.15) is 6.42 Å². The lowest BCUT2D eigenvalue weighted by Gasteiger charge is -2.12. The fourth-order valence-corrected chi connectivity index (χ4v) is 1.46. The van der Waals surface area contributed by atoms with Crippen LogP contribution >= 0.6 is 0 Å². The minimum absolute atomic E-state index is 0.0339. The maximum Gasteiger partial charge on any atom is 0.317 e. The smallest absolute Gasteiger partial charge is 0.317 e. The molecule has 0 aliphatic carbocycles. The third-order valence-corrected chi connectivity index (χ3v) is 2.17. The zero-order valence-corrected chi connectivity index (χ0v) is 7.92. The molecule has 5 heteroatoms. The molecule has 1 atom stereocenters. The second-order valence-electron chi connectivity index (χ2n) is 3.21. The molecule has 0 radical (unpaired) electrons. The molecule has 1 rings (SSSR count). The number of hydrogen-bond acceptors (Lipinski definition) is 3. The highest BCUT2D eigenvalue weighted by Gasteiger charge is 2.27. The van der Waals surface area contributed by atoms with Crippen LogP contribution < -0.4 is 10.6 Å². The van der Waals surface area contributed by atoms with Crippen molar-refractivity contribution in [3.05, 3.63) is 0 Å². The van der Waals surface area contributed by atoms with E-state index in [4.69, 9.17) is 5.11 Å². The quantitative estimate of drug-likeness (QED) is 0.516. The summed E-state index contributed by atoms with van der Waals surface area (Å²) >= 11 is 0. The topological polar surface area (TPSA) is 64.6 Å². The number of carbonyl (C=O) groups is 1. The summed E-state index contributed by atoms with van der Waals surface area (Å²) in [7, 11) is 1.89. The first kappa shape index (κ1) is 10.3. The van der Waals surface area contributed by atoms with Crippen molar-refractivity contribution in [2.45, 2.75) is 12.5 Å². The molecule has 1 heterocycles. The maximum absolute atomic E-state index is 11.2. The van der Waals surface area contributed by atoms with Gasteiger partial charge in [0.1, 0.15) is 0 Å². The molecular weight excluding hydrogens is 170 g/mol. The number of β-amino-alcohol motifs (C(OH)–C–C–N with tert-alkyl or cyclic N) is 1. The molecule has 3 N–H and O–H groups in total. The molecule has 0 aromatic rings. The molecule has 1 saturated heterocycles. The molecule has 1 unspecified atom stereocenters. The van der Waals surface area contributed by atoms with Crippen molar-refractivity contribution >= 4 is 6.03 Å². The van der Waals surface area contributed by atoms with Crippen molar-refractivity contribution in [2.75, 3.05) is 33.3 Å². The van der Waals surface area contributed by atoms with Gasteiger partial charge in [-0.2, -0.15) is 0 Å². The second kappa shape index (κ2) is 5.04. The molecule has 0 aromatic heterocycles. The van der Waals surface area contributed by atoms with Crippen LogP contribution in [0.15, 0.2) is 0 Å². The number of carbonyl (C=O) groups excluding carboxylic acids is 1. The van der Waals surface area contributed by atoms with Crippen molar-refractivity contribution in [1.29, 1.82) is 0 Å². The predicted octanol–water partition coefficient (Wildman–Crippen LogP) is -1.02. The van der Waals surface area contributed by atoms with Crippen LogP contribution in [0, 0.1) is 0 Å². The van der Waals surface area contributed by atoms with E-state index in [1.54, 1.807) is 4.90 Å². The Morgan fingerprint density at radius 1 is 1.77 bits per heavy atom. The molecule has 1 aliphatic rings. The molecule has 13 heavy (non-hydrogen) atoms. The molecule has 0 saturated carbocycles. The van der Waals surface area contributed by atoms with E-state index in [1.807, 2.05) is 7.05 Å². The number of aliphatic hydroxyl groups excluding tert-OH is 1. The Kier molecular flexibility index (Phi) is 3.98. The lowest BCUT2D eigenvalue weighted by Crippen LogP contribution is -2.31. The van der Waals surface area contributed by atoms with Gasteiger partial charge in [-0.1, -0.05) is 0 Å². The zero-order chi connectivity index (χ0) is 9.68. The van der Waals surface area contributed by atoms with Crippen molar-refractivity contribution in [2.24, 2.45) is 0 Å². The van der Waals surface area contributed by atoms with Gasteiger partial charge in [0.2, 0.25) is 0 Å². The summed E-state index contributed by atoms with van der Waals surface area (Å²) in [5, 5.41) is 14.6. The monoisotopic (exact) mass is 187 g/mol. The average molecular weight is 187 g/mol. The van der Waals surface area contributed by atoms with Crippen molar-refractivity contribution in [3.8, 4) is 0 Å². The third kappa shape index (κ3) is 2.86. The van der Waals surface area contributed by atoms with Crippen LogP contribution in [0.4, 0.5) is 4.79 Å².